The second-order valence-electron chi connectivity index (χ2n) is 5.86. The summed E-state index contributed by atoms with van der Waals surface area (Å²) in [5, 5.41) is 0. The summed E-state index contributed by atoms with van der Waals surface area (Å²) in [4.78, 5) is 13.2. The zero-order chi connectivity index (χ0) is 16.5. The van der Waals surface area contributed by atoms with Crippen LogP contribution in [0.4, 0.5) is 0 Å². The molecule has 1 nitrogen and oxygen atoms in total. The molecule has 24 heavy (non-hydrogen) atoms. The first-order valence-corrected chi connectivity index (χ1v) is 8.71. The highest BCUT2D eigenvalue weighted by Gasteiger charge is 2.28. The van der Waals surface area contributed by atoms with Crippen LogP contribution in [0, 0.1) is 0 Å². The second kappa shape index (κ2) is 6.21. The second-order valence-corrected chi connectivity index (χ2v) is 6.72. The minimum Gasteiger partial charge on any atom is -0.289 e. The summed E-state index contributed by atoms with van der Waals surface area (Å²) in [7, 11) is 0. The number of ketones is 1. The first kappa shape index (κ1) is 15.1. The summed E-state index contributed by atoms with van der Waals surface area (Å²) in [5.41, 5.74) is 6.12. The predicted molar refractivity (Wildman–Crippen MR) is 101 cm³/mol. The van der Waals surface area contributed by atoms with Gasteiger partial charge in [0.1, 0.15) is 0 Å². The van der Waals surface area contributed by atoms with Crippen molar-refractivity contribution < 1.29 is 4.79 Å². The quantitative estimate of drug-likeness (QED) is 0.538. The predicted octanol–water partition coefficient (Wildman–Crippen LogP) is 5.69. The molecular weight excluding hydrogens is 360 g/mol. The Hall–Kier alpha value is -2.45. The van der Waals surface area contributed by atoms with Crippen LogP contribution in [0.3, 0.4) is 0 Å². The molecule has 3 aromatic carbocycles. The van der Waals surface area contributed by atoms with Crippen molar-refractivity contribution >= 4 is 27.3 Å². The van der Waals surface area contributed by atoms with Crippen molar-refractivity contribution in [1.82, 2.24) is 0 Å². The Bertz CT molecular complexity index is 954. The van der Waals surface area contributed by atoms with Crippen LogP contribution in [0.1, 0.15) is 27.0 Å². The maximum absolute atomic E-state index is 13.2. The fraction of sp³-hybridized carbons (Fsp3) is 0.0455. The van der Waals surface area contributed by atoms with Crippen LogP contribution >= 0.6 is 15.9 Å². The van der Waals surface area contributed by atoms with Gasteiger partial charge in [0, 0.05) is 22.0 Å². The molecular formula is C22H15BrO. The van der Waals surface area contributed by atoms with E-state index in [0.717, 1.165) is 21.2 Å². The molecule has 0 saturated heterocycles. The molecule has 0 fully saturated rings. The monoisotopic (exact) mass is 374 g/mol. The van der Waals surface area contributed by atoms with Gasteiger partial charge in [0.05, 0.1) is 0 Å². The van der Waals surface area contributed by atoms with Crippen LogP contribution < -0.4 is 0 Å². The molecule has 0 bridgehead atoms. The first-order chi connectivity index (χ1) is 11.8. The van der Waals surface area contributed by atoms with Gasteiger partial charge in [0.25, 0.3) is 0 Å². The number of Topliss-reactive ketones (excluding diaryl/α,β-unsaturated/α-hetero) is 1. The molecule has 116 valence electrons. The minimum absolute atomic E-state index is 0.0949. The van der Waals surface area contributed by atoms with Gasteiger partial charge in [-0.2, -0.15) is 0 Å². The van der Waals surface area contributed by atoms with Gasteiger partial charge < -0.3 is 0 Å². The number of benzene rings is 3. The fourth-order valence-corrected chi connectivity index (χ4v) is 3.76. The van der Waals surface area contributed by atoms with Crippen LogP contribution in [0.2, 0.25) is 0 Å². The van der Waals surface area contributed by atoms with E-state index < -0.39 is 0 Å². The number of hydrogen-bond donors (Lipinski definition) is 0. The minimum atomic E-state index is 0.0949. The summed E-state index contributed by atoms with van der Waals surface area (Å²) in [5.74, 6) is 0.0949. The Morgan fingerprint density at radius 3 is 2.25 bits per heavy atom. The molecule has 0 unspecified atom stereocenters. The van der Waals surface area contributed by atoms with E-state index in [0.29, 0.717) is 12.0 Å². The van der Waals surface area contributed by atoms with E-state index >= 15 is 0 Å². The van der Waals surface area contributed by atoms with Gasteiger partial charge in [0.15, 0.2) is 5.78 Å². The highest BCUT2D eigenvalue weighted by atomic mass is 79.9. The molecule has 4 rings (SSSR count). The lowest BCUT2D eigenvalue weighted by molar-refractivity contribution is 0.103. The fourth-order valence-electron chi connectivity index (χ4n) is 3.30. The van der Waals surface area contributed by atoms with Crippen LogP contribution in [-0.4, -0.2) is 5.78 Å². The smallest absolute Gasteiger partial charge is 0.191 e. The first-order valence-electron chi connectivity index (χ1n) is 7.92. The molecule has 0 aromatic heterocycles. The van der Waals surface area contributed by atoms with Crippen LogP contribution in [0.25, 0.3) is 5.57 Å². The Labute approximate surface area is 149 Å². The summed E-state index contributed by atoms with van der Waals surface area (Å²) >= 11 is 3.51. The van der Waals surface area contributed by atoms with Gasteiger partial charge in [-0.25, -0.2) is 0 Å². The van der Waals surface area contributed by atoms with E-state index in [-0.39, 0.29) is 5.78 Å². The Kier molecular flexibility index (Phi) is 3.91. The number of carbonyl (C=O) groups excluding carboxylic acids is 1. The summed E-state index contributed by atoms with van der Waals surface area (Å²) < 4.78 is 0.839. The molecule has 0 heterocycles. The van der Waals surface area contributed by atoms with Gasteiger partial charge in [0.2, 0.25) is 0 Å². The van der Waals surface area contributed by atoms with Gasteiger partial charge in [-0.3, -0.25) is 4.79 Å². The summed E-state index contributed by atoms with van der Waals surface area (Å²) in [6.45, 7) is 0. The summed E-state index contributed by atoms with van der Waals surface area (Å²) in [6.07, 6.45) is 0.681. The Balaban J connectivity index is 1.92. The number of hydrogen-bond acceptors (Lipinski definition) is 1. The maximum Gasteiger partial charge on any atom is 0.191 e. The molecule has 0 radical (unpaired) electrons. The largest absolute Gasteiger partial charge is 0.289 e. The van der Waals surface area contributed by atoms with Crippen molar-refractivity contribution in [2.24, 2.45) is 0 Å². The van der Waals surface area contributed by atoms with Crippen molar-refractivity contribution in [3.63, 3.8) is 0 Å². The van der Waals surface area contributed by atoms with Crippen molar-refractivity contribution in [3.05, 3.63) is 111 Å². The van der Waals surface area contributed by atoms with Crippen molar-refractivity contribution in [1.29, 1.82) is 0 Å². The maximum atomic E-state index is 13.2. The van der Waals surface area contributed by atoms with E-state index in [4.69, 9.17) is 0 Å². The standard InChI is InChI=1S/C22H15BrO/c23-20-13-7-6-12-18(20)22(24)19-14-16-10-4-5-11-17(16)21(19)15-8-2-1-3-9-15/h1-13H,14H2. The third-order valence-corrected chi connectivity index (χ3v) is 5.10. The van der Waals surface area contributed by atoms with E-state index in [2.05, 4.69) is 40.2 Å². The third kappa shape index (κ3) is 2.53. The Morgan fingerprint density at radius 1 is 0.792 bits per heavy atom. The lowest BCUT2D eigenvalue weighted by Crippen LogP contribution is -2.06. The van der Waals surface area contributed by atoms with Gasteiger partial charge in [-0.05, 0) is 34.4 Å². The number of carbonyl (C=O) groups is 1. The third-order valence-electron chi connectivity index (χ3n) is 4.41. The normalized spacial score (nSPS) is 13.0. The topological polar surface area (TPSA) is 17.1 Å². The molecule has 0 aliphatic heterocycles. The molecule has 0 N–H and O–H groups in total. The van der Waals surface area contributed by atoms with E-state index in [1.165, 1.54) is 11.1 Å². The summed E-state index contributed by atoms with van der Waals surface area (Å²) in [6, 6.07) is 26.1. The zero-order valence-electron chi connectivity index (χ0n) is 13.0. The Morgan fingerprint density at radius 2 is 1.46 bits per heavy atom. The number of rotatable bonds is 3. The lowest BCUT2D eigenvalue weighted by Gasteiger charge is -2.09. The van der Waals surface area contributed by atoms with E-state index in [1.807, 2.05) is 54.6 Å². The van der Waals surface area contributed by atoms with Crippen LogP contribution in [0.5, 0.6) is 0 Å². The number of halogens is 1. The molecule has 0 saturated carbocycles. The average molecular weight is 375 g/mol. The van der Waals surface area contributed by atoms with Crippen molar-refractivity contribution in [2.45, 2.75) is 6.42 Å². The number of allylic oxidation sites excluding steroid dienone is 1. The highest BCUT2D eigenvalue weighted by Crippen LogP contribution is 2.39. The zero-order valence-corrected chi connectivity index (χ0v) is 14.6. The molecule has 2 heteroatoms. The molecule has 3 aromatic rings. The van der Waals surface area contributed by atoms with Crippen LogP contribution in [0.15, 0.2) is 88.9 Å². The van der Waals surface area contributed by atoms with Gasteiger partial charge in [-0.15, -0.1) is 0 Å². The van der Waals surface area contributed by atoms with Crippen LogP contribution in [-0.2, 0) is 6.42 Å². The SMILES string of the molecule is O=C(C1=C(c2ccccc2)c2ccccc2C1)c1ccccc1Br. The van der Waals surface area contributed by atoms with E-state index in [1.54, 1.807) is 0 Å². The molecule has 1 aliphatic carbocycles. The highest BCUT2D eigenvalue weighted by molar-refractivity contribution is 9.10. The van der Waals surface area contributed by atoms with Crippen molar-refractivity contribution in [3.8, 4) is 0 Å². The molecule has 1 aliphatic rings. The molecule has 0 amide bonds. The van der Waals surface area contributed by atoms with Gasteiger partial charge in [-0.1, -0.05) is 82.7 Å². The van der Waals surface area contributed by atoms with E-state index in [9.17, 15) is 4.79 Å². The lowest BCUT2D eigenvalue weighted by atomic mass is 9.94. The average Bonchev–Trinajstić information content (AvgIpc) is 3.02. The molecule has 0 spiro atoms. The van der Waals surface area contributed by atoms with Crippen molar-refractivity contribution in [2.75, 3.05) is 0 Å². The molecule has 0 atom stereocenters. The van der Waals surface area contributed by atoms with Gasteiger partial charge >= 0.3 is 0 Å². The number of fused-ring (bicyclic) bond motifs is 1.